The summed E-state index contributed by atoms with van der Waals surface area (Å²) in [6.07, 6.45) is 0. The predicted molar refractivity (Wildman–Crippen MR) is 97.4 cm³/mol. The van der Waals surface area contributed by atoms with Gasteiger partial charge < -0.3 is 20.1 Å². The van der Waals surface area contributed by atoms with Crippen molar-refractivity contribution in [2.24, 2.45) is 4.99 Å². The van der Waals surface area contributed by atoms with Crippen LogP contribution in [0.4, 0.5) is 0 Å². The summed E-state index contributed by atoms with van der Waals surface area (Å²) in [6, 6.07) is 10.2. The summed E-state index contributed by atoms with van der Waals surface area (Å²) in [5.74, 6) is 0.812. The van der Waals surface area contributed by atoms with Crippen LogP contribution in [0.25, 0.3) is 0 Å². The molecule has 0 saturated heterocycles. The first-order valence-corrected chi connectivity index (χ1v) is 6.99. The van der Waals surface area contributed by atoms with E-state index in [9.17, 15) is 0 Å². The number of guanidine groups is 1. The number of methoxy groups -OCH3 is 1. The summed E-state index contributed by atoms with van der Waals surface area (Å²) in [5, 5.41) is 6.45. The summed E-state index contributed by atoms with van der Waals surface area (Å²) in [6.45, 7) is 6.17. The largest absolute Gasteiger partial charge is 0.382 e. The van der Waals surface area contributed by atoms with E-state index >= 15 is 0 Å². The monoisotopic (exact) mass is 407 g/mol. The van der Waals surface area contributed by atoms with Crippen molar-refractivity contribution in [1.82, 2.24) is 10.6 Å². The standard InChI is InChI=1S/C15H25N3O2.HI/c1-3-16-15(17-9-10-20-12-11-19-2)18-13-14-7-5-4-6-8-14;/h4-8H,3,9-13H2,1-2H3,(H2,16,17,18);1H. The van der Waals surface area contributed by atoms with Gasteiger partial charge in [-0.15, -0.1) is 24.0 Å². The third-order valence-corrected chi connectivity index (χ3v) is 2.58. The van der Waals surface area contributed by atoms with Crippen LogP contribution in [0.15, 0.2) is 35.3 Å². The first kappa shape index (κ1) is 20.1. The van der Waals surface area contributed by atoms with Crippen molar-refractivity contribution in [2.75, 3.05) is 40.0 Å². The molecule has 6 heteroatoms. The second-order valence-electron chi connectivity index (χ2n) is 4.21. The number of nitrogens with one attached hydrogen (secondary N) is 2. The number of nitrogens with zero attached hydrogens (tertiary/aromatic N) is 1. The quantitative estimate of drug-likeness (QED) is 0.285. The van der Waals surface area contributed by atoms with E-state index in [0.29, 0.717) is 26.4 Å². The molecule has 1 rings (SSSR count). The number of ether oxygens (including phenoxy) is 2. The Morgan fingerprint density at radius 2 is 1.86 bits per heavy atom. The molecule has 21 heavy (non-hydrogen) atoms. The van der Waals surface area contributed by atoms with Gasteiger partial charge in [0.2, 0.25) is 0 Å². The number of benzene rings is 1. The lowest BCUT2D eigenvalue weighted by Crippen LogP contribution is -2.39. The Hall–Kier alpha value is -0.860. The van der Waals surface area contributed by atoms with E-state index in [0.717, 1.165) is 19.0 Å². The van der Waals surface area contributed by atoms with Crippen molar-refractivity contribution in [1.29, 1.82) is 0 Å². The summed E-state index contributed by atoms with van der Waals surface area (Å²) in [5.41, 5.74) is 1.20. The van der Waals surface area contributed by atoms with Crippen molar-refractivity contribution < 1.29 is 9.47 Å². The molecule has 0 aliphatic heterocycles. The molecular formula is C15H26IN3O2. The zero-order valence-corrected chi connectivity index (χ0v) is 15.1. The van der Waals surface area contributed by atoms with Gasteiger partial charge in [0, 0.05) is 20.2 Å². The fourth-order valence-electron chi connectivity index (χ4n) is 1.58. The molecule has 0 saturated carbocycles. The zero-order valence-electron chi connectivity index (χ0n) is 12.8. The van der Waals surface area contributed by atoms with Crippen LogP contribution in [0.2, 0.25) is 0 Å². The zero-order chi connectivity index (χ0) is 14.5. The van der Waals surface area contributed by atoms with Crippen LogP contribution >= 0.6 is 24.0 Å². The van der Waals surface area contributed by atoms with E-state index in [4.69, 9.17) is 9.47 Å². The second-order valence-corrected chi connectivity index (χ2v) is 4.21. The molecule has 2 N–H and O–H groups in total. The topological polar surface area (TPSA) is 54.9 Å². The number of hydrogen-bond donors (Lipinski definition) is 2. The summed E-state index contributed by atoms with van der Waals surface area (Å²) in [7, 11) is 1.67. The molecule has 0 aromatic heterocycles. The number of halogens is 1. The van der Waals surface area contributed by atoms with Crippen LogP contribution in [0.5, 0.6) is 0 Å². The smallest absolute Gasteiger partial charge is 0.191 e. The minimum absolute atomic E-state index is 0. The fourth-order valence-corrected chi connectivity index (χ4v) is 1.58. The molecule has 0 unspecified atom stereocenters. The van der Waals surface area contributed by atoms with Gasteiger partial charge in [0.25, 0.3) is 0 Å². The van der Waals surface area contributed by atoms with Crippen molar-refractivity contribution in [3.05, 3.63) is 35.9 Å². The maximum absolute atomic E-state index is 5.40. The first-order chi connectivity index (χ1) is 9.86. The molecule has 5 nitrogen and oxygen atoms in total. The Balaban J connectivity index is 0.00000400. The van der Waals surface area contributed by atoms with Gasteiger partial charge in [0.1, 0.15) is 0 Å². The lowest BCUT2D eigenvalue weighted by atomic mass is 10.2. The second kappa shape index (κ2) is 14.1. The molecule has 0 amide bonds. The predicted octanol–water partition coefficient (Wildman–Crippen LogP) is 2.02. The molecule has 1 aromatic carbocycles. The van der Waals surface area contributed by atoms with E-state index in [1.807, 2.05) is 18.2 Å². The molecule has 1 aromatic rings. The van der Waals surface area contributed by atoms with E-state index < -0.39 is 0 Å². The highest BCUT2D eigenvalue weighted by molar-refractivity contribution is 14.0. The average Bonchev–Trinajstić information content (AvgIpc) is 2.49. The molecular weight excluding hydrogens is 381 g/mol. The Kier molecular flexibility index (Phi) is 13.5. The van der Waals surface area contributed by atoms with Crippen LogP contribution in [0, 0.1) is 0 Å². The van der Waals surface area contributed by atoms with E-state index in [1.54, 1.807) is 7.11 Å². The van der Waals surface area contributed by atoms with Gasteiger partial charge in [-0.1, -0.05) is 30.3 Å². The van der Waals surface area contributed by atoms with E-state index in [2.05, 4.69) is 34.7 Å². The van der Waals surface area contributed by atoms with Crippen molar-refractivity contribution >= 4 is 29.9 Å². The van der Waals surface area contributed by atoms with Crippen LogP contribution in [0.3, 0.4) is 0 Å². The normalized spacial score (nSPS) is 10.9. The van der Waals surface area contributed by atoms with Crippen molar-refractivity contribution in [3.63, 3.8) is 0 Å². The summed E-state index contributed by atoms with van der Waals surface area (Å²) in [4.78, 5) is 4.53. The van der Waals surface area contributed by atoms with E-state index in [1.165, 1.54) is 5.56 Å². The molecule has 0 atom stereocenters. The van der Waals surface area contributed by atoms with Gasteiger partial charge in [0.05, 0.1) is 26.4 Å². The molecule has 120 valence electrons. The van der Waals surface area contributed by atoms with Gasteiger partial charge in [0.15, 0.2) is 5.96 Å². The lowest BCUT2D eigenvalue weighted by Gasteiger charge is -2.11. The molecule has 0 aliphatic rings. The fraction of sp³-hybridized carbons (Fsp3) is 0.533. The maximum atomic E-state index is 5.40. The third-order valence-electron chi connectivity index (χ3n) is 2.58. The highest BCUT2D eigenvalue weighted by Gasteiger charge is 1.97. The third kappa shape index (κ3) is 10.5. The molecule has 0 radical (unpaired) electrons. The molecule has 0 spiro atoms. The SMILES string of the molecule is CCNC(=NCc1ccccc1)NCCOCCOC.I. The van der Waals surface area contributed by atoms with Crippen molar-refractivity contribution in [3.8, 4) is 0 Å². The molecule has 0 aliphatic carbocycles. The summed E-state index contributed by atoms with van der Waals surface area (Å²) < 4.78 is 10.3. The summed E-state index contributed by atoms with van der Waals surface area (Å²) >= 11 is 0. The Morgan fingerprint density at radius 1 is 1.10 bits per heavy atom. The average molecular weight is 407 g/mol. The van der Waals surface area contributed by atoms with Crippen LogP contribution in [-0.4, -0.2) is 46.0 Å². The van der Waals surface area contributed by atoms with Gasteiger partial charge in [-0.2, -0.15) is 0 Å². The minimum Gasteiger partial charge on any atom is -0.382 e. The Labute approximate surface area is 144 Å². The van der Waals surface area contributed by atoms with Gasteiger partial charge >= 0.3 is 0 Å². The van der Waals surface area contributed by atoms with Crippen LogP contribution in [0.1, 0.15) is 12.5 Å². The molecule has 0 bridgehead atoms. The van der Waals surface area contributed by atoms with Gasteiger partial charge in [-0.3, -0.25) is 0 Å². The maximum Gasteiger partial charge on any atom is 0.191 e. The first-order valence-electron chi connectivity index (χ1n) is 6.99. The van der Waals surface area contributed by atoms with Gasteiger partial charge in [-0.05, 0) is 12.5 Å². The Bertz CT molecular complexity index is 374. The van der Waals surface area contributed by atoms with E-state index in [-0.39, 0.29) is 24.0 Å². The van der Waals surface area contributed by atoms with Crippen molar-refractivity contribution in [2.45, 2.75) is 13.5 Å². The van der Waals surface area contributed by atoms with Gasteiger partial charge in [-0.25, -0.2) is 4.99 Å². The number of hydrogen-bond acceptors (Lipinski definition) is 3. The Morgan fingerprint density at radius 3 is 2.52 bits per heavy atom. The lowest BCUT2D eigenvalue weighted by molar-refractivity contribution is 0.0733. The molecule has 0 fully saturated rings. The van der Waals surface area contributed by atoms with Crippen LogP contribution < -0.4 is 10.6 Å². The molecule has 0 heterocycles. The number of rotatable bonds is 9. The highest BCUT2D eigenvalue weighted by atomic mass is 127. The minimum atomic E-state index is 0. The number of aliphatic imine (C=N–C) groups is 1. The van der Waals surface area contributed by atoms with Crippen LogP contribution in [-0.2, 0) is 16.0 Å². The highest BCUT2D eigenvalue weighted by Crippen LogP contribution is 1.99.